The molecule has 0 aliphatic carbocycles. The summed E-state index contributed by atoms with van der Waals surface area (Å²) in [5.74, 6) is -0.287. The maximum absolute atomic E-state index is 11.4. The molecular formula is C42H43N7O3. The Balaban J connectivity index is 1.02. The van der Waals surface area contributed by atoms with E-state index in [1.165, 1.54) is 16.7 Å². The second kappa shape index (κ2) is 14.4. The van der Waals surface area contributed by atoms with Crippen LogP contribution in [0.2, 0.25) is 0 Å². The number of aliphatic carboxylic acids is 1. The molecule has 52 heavy (non-hydrogen) atoms. The number of anilines is 2. The SMILES string of the molecule is Cc1c(Cc2nccc3cc(CN4CC[C@H](C(=O)O)C4)cnc23)cccc1-c1cccc(Nc2nccc3cc(CN4CC[C@H](O)C4)cnc23)c1C. The molecule has 0 radical (unpaired) electrons. The summed E-state index contributed by atoms with van der Waals surface area (Å²) in [5.41, 5.74) is 11.6. The number of aliphatic hydroxyl groups excluding tert-OH is 1. The Kier molecular flexibility index (Phi) is 9.36. The first kappa shape index (κ1) is 33.8. The highest BCUT2D eigenvalue weighted by molar-refractivity contribution is 5.91. The summed E-state index contributed by atoms with van der Waals surface area (Å²) in [4.78, 5) is 35.0. The molecule has 2 atom stereocenters. The first-order valence-electron chi connectivity index (χ1n) is 18.1. The van der Waals surface area contributed by atoms with Gasteiger partial charge in [0.1, 0.15) is 5.52 Å². The van der Waals surface area contributed by atoms with Gasteiger partial charge in [0.05, 0.1) is 23.2 Å². The minimum atomic E-state index is -0.713. The molecule has 0 bridgehead atoms. The van der Waals surface area contributed by atoms with Crippen molar-refractivity contribution in [3.05, 3.63) is 119 Å². The number of nitrogens with zero attached hydrogens (tertiary/aromatic N) is 6. The van der Waals surface area contributed by atoms with Gasteiger partial charge in [0.15, 0.2) is 5.82 Å². The number of aliphatic hydroxyl groups is 1. The van der Waals surface area contributed by atoms with Crippen LogP contribution in [0.25, 0.3) is 32.9 Å². The number of pyridine rings is 4. The molecule has 6 heterocycles. The highest BCUT2D eigenvalue weighted by atomic mass is 16.4. The number of hydrogen-bond donors (Lipinski definition) is 3. The van der Waals surface area contributed by atoms with Crippen LogP contribution in [-0.4, -0.2) is 78.2 Å². The zero-order chi connectivity index (χ0) is 35.8. The Hall–Kier alpha value is -5.29. The van der Waals surface area contributed by atoms with Gasteiger partial charge in [-0.1, -0.05) is 30.3 Å². The van der Waals surface area contributed by atoms with E-state index in [0.717, 1.165) is 81.5 Å². The Morgan fingerprint density at radius 1 is 0.788 bits per heavy atom. The van der Waals surface area contributed by atoms with E-state index in [2.05, 4.69) is 82.5 Å². The number of likely N-dealkylation sites (tertiary alicyclic amines) is 2. The van der Waals surface area contributed by atoms with Gasteiger partial charge in [0, 0.05) is 80.4 Å². The van der Waals surface area contributed by atoms with Gasteiger partial charge < -0.3 is 15.5 Å². The van der Waals surface area contributed by atoms with Gasteiger partial charge in [-0.05, 0) is 103 Å². The van der Waals surface area contributed by atoms with E-state index in [1.807, 2.05) is 36.9 Å². The number of carboxylic acids is 1. The van der Waals surface area contributed by atoms with Crippen molar-refractivity contribution in [2.24, 2.45) is 5.92 Å². The summed E-state index contributed by atoms with van der Waals surface area (Å²) in [6.07, 6.45) is 9.43. The maximum Gasteiger partial charge on any atom is 0.307 e. The van der Waals surface area contributed by atoms with Crippen LogP contribution in [0.4, 0.5) is 11.5 Å². The largest absolute Gasteiger partial charge is 0.481 e. The third-order valence-electron chi connectivity index (χ3n) is 10.7. The molecule has 2 aliphatic heterocycles. The molecular weight excluding hydrogens is 651 g/mol. The van der Waals surface area contributed by atoms with Crippen molar-refractivity contribution in [1.82, 2.24) is 29.7 Å². The van der Waals surface area contributed by atoms with Gasteiger partial charge in [-0.15, -0.1) is 0 Å². The Bertz CT molecular complexity index is 2290. The number of hydrogen-bond acceptors (Lipinski definition) is 9. The summed E-state index contributed by atoms with van der Waals surface area (Å²) in [5, 5.41) is 25.0. The molecule has 0 amide bonds. The van der Waals surface area contributed by atoms with Crippen LogP contribution in [0, 0.1) is 19.8 Å². The Labute approximate surface area is 303 Å². The van der Waals surface area contributed by atoms with Crippen molar-refractivity contribution >= 4 is 39.3 Å². The molecule has 6 aromatic rings. The quantitative estimate of drug-likeness (QED) is 0.143. The topological polar surface area (TPSA) is 128 Å². The lowest BCUT2D eigenvalue weighted by atomic mass is 9.91. The molecule has 2 aromatic carbocycles. The van der Waals surface area contributed by atoms with E-state index >= 15 is 0 Å². The summed E-state index contributed by atoms with van der Waals surface area (Å²) >= 11 is 0. The van der Waals surface area contributed by atoms with E-state index in [4.69, 9.17) is 15.0 Å². The lowest BCUT2D eigenvalue weighted by Crippen LogP contribution is -2.22. The number of aromatic nitrogens is 4. The van der Waals surface area contributed by atoms with Gasteiger partial charge in [0.25, 0.3) is 0 Å². The van der Waals surface area contributed by atoms with Crippen LogP contribution in [0.1, 0.15) is 46.4 Å². The molecule has 2 fully saturated rings. The van der Waals surface area contributed by atoms with Crippen LogP contribution >= 0.6 is 0 Å². The van der Waals surface area contributed by atoms with Gasteiger partial charge in [-0.25, -0.2) is 4.98 Å². The lowest BCUT2D eigenvalue weighted by molar-refractivity contribution is -0.141. The molecule has 3 N–H and O–H groups in total. The van der Waals surface area contributed by atoms with Crippen molar-refractivity contribution in [2.45, 2.75) is 52.3 Å². The third kappa shape index (κ3) is 6.97. The van der Waals surface area contributed by atoms with E-state index in [0.29, 0.717) is 38.3 Å². The summed E-state index contributed by atoms with van der Waals surface area (Å²) in [7, 11) is 0. The van der Waals surface area contributed by atoms with Crippen LogP contribution < -0.4 is 5.32 Å². The molecule has 2 saturated heterocycles. The molecule has 264 valence electrons. The number of carbonyl (C=O) groups is 1. The Morgan fingerprint density at radius 2 is 1.44 bits per heavy atom. The van der Waals surface area contributed by atoms with Crippen molar-refractivity contribution in [2.75, 3.05) is 31.5 Å². The van der Waals surface area contributed by atoms with E-state index in [-0.39, 0.29) is 12.0 Å². The van der Waals surface area contributed by atoms with Crippen LogP contribution in [-0.2, 0) is 24.3 Å². The number of nitrogens with one attached hydrogen (secondary N) is 1. The van der Waals surface area contributed by atoms with Gasteiger partial charge in [-0.2, -0.15) is 0 Å². The molecule has 10 nitrogen and oxygen atoms in total. The average molecular weight is 694 g/mol. The monoisotopic (exact) mass is 693 g/mol. The number of β-amino-alcohol motifs (C(OH)–C–C–N with tert-alkyl or cyclic N) is 1. The van der Waals surface area contributed by atoms with E-state index in [9.17, 15) is 15.0 Å². The van der Waals surface area contributed by atoms with Gasteiger partial charge in [0.2, 0.25) is 0 Å². The fourth-order valence-corrected chi connectivity index (χ4v) is 7.85. The molecule has 0 spiro atoms. The fourth-order valence-electron chi connectivity index (χ4n) is 7.85. The van der Waals surface area contributed by atoms with Crippen molar-refractivity contribution in [3.63, 3.8) is 0 Å². The van der Waals surface area contributed by atoms with Crippen molar-refractivity contribution in [3.8, 4) is 11.1 Å². The molecule has 0 saturated carbocycles. The second-order valence-corrected chi connectivity index (χ2v) is 14.4. The minimum Gasteiger partial charge on any atom is -0.481 e. The third-order valence-corrected chi connectivity index (χ3v) is 10.7. The summed E-state index contributed by atoms with van der Waals surface area (Å²) < 4.78 is 0. The predicted octanol–water partition coefficient (Wildman–Crippen LogP) is 6.66. The lowest BCUT2D eigenvalue weighted by Gasteiger charge is -2.18. The molecule has 10 heteroatoms. The van der Waals surface area contributed by atoms with Crippen LogP contribution in [0.3, 0.4) is 0 Å². The number of benzene rings is 2. The Morgan fingerprint density at radius 3 is 2.15 bits per heavy atom. The van der Waals surface area contributed by atoms with Crippen LogP contribution in [0.15, 0.2) is 85.5 Å². The molecule has 4 aromatic heterocycles. The number of carboxylic acid groups (broad SMARTS) is 1. The summed E-state index contributed by atoms with van der Waals surface area (Å²) in [6.45, 7) is 8.76. The zero-order valence-corrected chi connectivity index (χ0v) is 29.6. The average Bonchev–Trinajstić information content (AvgIpc) is 3.79. The van der Waals surface area contributed by atoms with E-state index < -0.39 is 5.97 Å². The minimum absolute atomic E-state index is 0.240. The fraction of sp³-hybridized carbons (Fsp3) is 0.310. The van der Waals surface area contributed by atoms with Crippen molar-refractivity contribution in [1.29, 1.82) is 0 Å². The van der Waals surface area contributed by atoms with Gasteiger partial charge >= 0.3 is 5.97 Å². The van der Waals surface area contributed by atoms with Gasteiger partial charge in [-0.3, -0.25) is 29.5 Å². The zero-order valence-electron chi connectivity index (χ0n) is 29.6. The van der Waals surface area contributed by atoms with E-state index in [1.54, 1.807) is 0 Å². The predicted molar refractivity (Wildman–Crippen MR) is 203 cm³/mol. The summed E-state index contributed by atoms with van der Waals surface area (Å²) in [6, 6.07) is 21.1. The van der Waals surface area contributed by atoms with Crippen molar-refractivity contribution < 1.29 is 15.0 Å². The normalized spacial score (nSPS) is 18.1. The molecule has 0 unspecified atom stereocenters. The first-order valence-corrected chi connectivity index (χ1v) is 18.1. The first-order chi connectivity index (χ1) is 25.3. The van der Waals surface area contributed by atoms with Crippen LogP contribution in [0.5, 0.6) is 0 Å². The number of rotatable bonds is 10. The standard InChI is InChI=1S/C42H43N7O3/c1-26-30(19-38-39-31(9-13-43-38)17-28(20-45-39)22-48-15-11-33(24-48)42(51)52)5-3-6-35(26)36-7-4-8-37(27(36)2)47-41-40-32(10-14-44-41)18-29(21-46-40)23-49-16-12-34(50)25-49/h3-10,13-14,17-18,20-21,33-34,50H,11-12,15-16,19,22-25H2,1-2H3,(H,44,47)(H,51,52)/t33-,34-/m0/s1. The molecule has 8 rings (SSSR count). The highest BCUT2D eigenvalue weighted by Gasteiger charge is 2.28. The maximum atomic E-state index is 11.4. The highest BCUT2D eigenvalue weighted by Crippen LogP contribution is 2.35. The number of fused-ring (bicyclic) bond motifs is 2. The smallest absolute Gasteiger partial charge is 0.307 e. The second-order valence-electron chi connectivity index (χ2n) is 14.4. The molecule has 2 aliphatic rings.